The average Bonchev–Trinajstić information content (AvgIpc) is 3.27. The number of hydrogen-bond donors (Lipinski definition) is 1. The molecule has 2 aromatic carbocycles. The third-order valence-electron chi connectivity index (χ3n) is 5.55. The molecule has 6 nitrogen and oxygen atoms in total. The van der Waals surface area contributed by atoms with Gasteiger partial charge in [-0.25, -0.2) is 4.98 Å². The molecule has 0 unspecified atom stereocenters. The van der Waals surface area contributed by atoms with Gasteiger partial charge in [-0.15, -0.1) is 23.1 Å². The summed E-state index contributed by atoms with van der Waals surface area (Å²) in [6.45, 7) is 2.41. The summed E-state index contributed by atoms with van der Waals surface area (Å²) in [6.07, 6.45) is 1.84. The Morgan fingerprint density at radius 2 is 1.91 bits per heavy atom. The Kier molecular flexibility index (Phi) is 7.78. The van der Waals surface area contributed by atoms with E-state index in [0.717, 1.165) is 36.3 Å². The summed E-state index contributed by atoms with van der Waals surface area (Å²) in [5.41, 5.74) is 1.73. The van der Waals surface area contributed by atoms with E-state index in [2.05, 4.69) is 17.4 Å². The SMILES string of the molecule is COCCNC(=O)CSc1ccccc1C(=O)N1CCC(c2nc3ccccc3s2)CC1. The molecule has 2 heterocycles. The minimum atomic E-state index is -0.0639. The topological polar surface area (TPSA) is 71.5 Å². The first-order valence-electron chi connectivity index (χ1n) is 10.8. The zero-order chi connectivity index (χ0) is 22.3. The Morgan fingerprint density at radius 1 is 1.16 bits per heavy atom. The molecular weight excluding hydrogens is 442 g/mol. The van der Waals surface area contributed by atoms with E-state index in [1.807, 2.05) is 41.3 Å². The molecule has 1 saturated heterocycles. The lowest BCUT2D eigenvalue weighted by Gasteiger charge is -2.31. The number of aromatic nitrogens is 1. The second-order valence-corrected chi connectivity index (χ2v) is 9.79. The number of carbonyl (C=O) groups excluding carboxylic acids is 2. The molecule has 8 heteroatoms. The van der Waals surface area contributed by atoms with Crippen molar-refractivity contribution in [2.45, 2.75) is 23.7 Å². The van der Waals surface area contributed by atoms with E-state index < -0.39 is 0 Å². The standard InChI is InChI=1S/C24H27N3O3S2/c1-30-15-12-25-22(28)16-31-20-8-4-2-6-18(20)24(29)27-13-10-17(11-14-27)23-26-19-7-3-5-9-21(19)32-23/h2-9,17H,10-16H2,1H3,(H,25,28). The molecule has 1 fully saturated rings. The van der Waals surface area contributed by atoms with Crippen LogP contribution in [0.2, 0.25) is 0 Å². The van der Waals surface area contributed by atoms with Gasteiger partial charge in [-0.2, -0.15) is 0 Å². The van der Waals surface area contributed by atoms with E-state index in [4.69, 9.17) is 9.72 Å². The second kappa shape index (κ2) is 10.9. The van der Waals surface area contributed by atoms with Gasteiger partial charge in [-0.1, -0.05) is 24.3 Å². The summed E-state index contributed by atoms with van der Waals surface area (Å²) < 4.78 is 6.17. The summed E-state index contributed by atoms with van der Waals surface area (Å²) >= 11 is 3.16. The molecule has 1 aliphatic rings. The quantitative estimate of drug-likeness (QED) is 0.396. The van der Waals surface area contributed by atoms with Crippen LogP contribution in [0.15, 0.2) is 53.4 Å². The first-order valence-corrected chi connectivity index (χ1v) is 12.6. The Balaban J connectivity index is 1.35. The predicted octanol–water partition coefficient (Wildman–Crippen LogP) is 4.17. The van der Waals surface area contributed by atoms with Crippen molar-refractivity contribution in [1.29, 1.82) is 0 Å². The largest absolute Gasteiger partial charge is 0.383 e. The zero-order valence-electron chi connectivity index (χ0n) is 18.1. The van der Waals surface area contributed by atoms with Crippen LogP contribution in [0, 0.1) is 0 Å². The molecule has 1 N–H and O–H groups in total. The van der Waals surface area contributed by atoms with Gasteiger partial charge in [0.2, 0.25) is 5.91 Å². The molecule has 2 amide bonds. The van der Waals surface area contributed by atoms with Crippen molar-refractivity contribution >= 4 is 45.1 Å². The van der Waals surface area contributed by atoms with Crippen molar-refractivity contribution in [1.82, 2.24) is 15.2 Å². The molecule has 0 aliphatic carbocycles. The van der Waals surface area contributed by atoms with Gasteiger partial charge in [-0.05, 0) is 37.1 Å². The van der Waals surface area contributed by atoms with Crippen LogP contribution in [-0.4, -0.2) is 60.8 Å². The number of methoxy groups -OCH3 is 1. The number of nitrogens with zero attached hydrogens (tertiary/aromatic N) is 2. The van der Waals surface area contributed by atoms with Crippen LogP contribution in [-0.2, 0) is 9.53 Å². The Bertz CT molecular complexity index is 1040. The monoisotopic (exact) mass is 469 g/mol. The van der Waals surface area contributed by atoms with E-state index in [-0.39, 0.29) is 17.6 Å². The van der Waals surface area contributed by atoms with E-state index in [1.54, 1.807) is 18.4 Å². The number of carbonyl (C=O) groups is 2. The molecule has 0 atom stereocenters. The third kappa shape index (κ3) is 5.49. The van der Waals surface area contributed by atoms with Crippen molar-refractivity contribution in [3.8, 4) is 0 Å². The van der Waals surface area contributed by atoms with Gasteiger partial charge >= 0.3 is 0 Å². The summed E-state index contributed by atoms with van der Waals surface area (Å²) in [4.78, 5) is 32.8. The number of likely N-dealkylation sites (tertiary alicyclic amines) is 1. The maximum Gasteiger partial charge on any atom is 0.254 e. The van der Waals surface area contributed by atoms with Crippen LogP contribution in [0.5, 0.6) is 0 Å². The normalized spacial score (nSPS) is 14.6. The molecule has 1 aliphatic heterocycles. The number of fused-ring (bicyclic) bond motifs is 1. The van der Waals surface area contributed by atoms with Crippen molar-refractivity contribution in [3.05, 3.63) is 59.1 Å². The Labute approximate surface area is 196 Å². The summed E-state index contributed by atoms with van der Waals surface area (Å²) in [5.74, 6) is 0.645. The molecule has 3 aromatic rings. The van der Waals surface area contributed by atoms with Crippen molar-refractivity contribution in [2.75, 3.05) is 39.1 Å². The maximum absolute atomic E-state index is 13.2. The fourth-order valence-corrected chi connectivity index (χ4v) is 5.83. The molecule has 168 valence electrons. The molecule has 32 heavy (non-hydrogen) atoms. The summed E-state index contributed by atoms with van der Waals surface area (Å²) in [7, 11) is 1.60. The fourth-order valence-electron chi connectivity index (χ4n) is 3.82. The first-order chi connectivity index (χ1) is 15.7. The average molecular weight is 470 g/mol. The molecule has 0 bridgehead atoms. The first kappa shape index (κ1) is 22.8. The minimum Gasteiger partial charge on any atom is -0.383 e. The number of ether oxygens (including phenoxy) is 1. The third-order valence-corrected chi connectivity index (χ3v) is 7.82. The number of hydrogen-bond acceptors (Lipinski definition) is 6. The molecule has 1 aromatic heterocycles. The van der Waals surface area contributed by atoms with Gasteiger partial charge in [-0.3, -0.25) is 9.59 Å². The summed E-state index contributed by atoms with van der Waals surface area (Å²) in [6, 6.07) is 15.8. The van der Waals surface area contributed by atoms with Crippen molar-refractivity contribution in [2.24, 2.45) is 0 Å². The van der Waals surface area contributed by atoms with Gasteiger partial charge in [0.1, 0.15) is 0 Å². The molecule has 0 spiro atoms. The molecule has 0 radical (unpaired) electrons. The lowest BCUT2D eigenvalue weighted by Crippen LogP contribution is -2.38. The highest BCUT2D eigenvalue weighted by atomic mass is 32.2. The van der Waals surface area contributed by atoms with Crippen LogP contribution in [0.3, 0.4) is 0 Å². The van der Waals surface area contributed by atoms with Gasteiger partial charge in [0.25, 0.3) is 5.91 Å². The number of piperidine rings is 1. The maximum atomic E-state index is 13.2. The van der Waals surface area contributed by atoms with Crippen LogP contribution in [0.4, 0.5) is 0 Å². The van der Waals surface area contributed by atoms with Crippen LogP contribution >= 0.6 is 23.1 Å². The molecule has 0 saturated carbocycles. The number of thioether (sulfide) groups is 1. The van der Waals surface area contributed by atoms with Gasteiger partial charge in [0, 0.05) is 37.6 Å². The highest BCUT2D eigenvalue weighted by Crippen LogP contribution is 2.34. The van der Waals surface area contributed by atoms with Gasteiger partial charge in [0.05, 0.1) is 33.1 Å². The molecular formula is C24H27N3O3S2. The Hall–Kier alpha value is -2.42. The van der Waals surface area contributed by atoms with Gasteiger partial charge < -0.3 is 15.0 Å². The number of benzene rings is 2. The molecule has 4 rings (SSSR count). The highest BCUT2D eigenvalue weighted by molar-refractivity contribution is 8.00. The number of thiazole rings is 1. The fraction of sp³-hybridized carbons (Fsp3) is 0.375. The number of para-hydroxylation sites is 1. The van der Waals surface area contributed by atoms with E-state index in [1.165, 1.54) is 21.5 Å². The number of amides is 2. The lowest BCUT2D eigenvalue weighted by atomic mass is 9.97. The van der Waals surface area contributed by atoms with Crippen molar-refractivity contribution < 1.29 is 14.3 Å². The smallest absolute Gasteiger partial charge is 0.254 e. The van der Waals surface area contributed by atoms with Crippen molar-refractivity contribution in [3.63, 3.8) is 0 Å². The minimum absolute atomic E-state index is 0.0376. The Morgan fingerprint density at radius 3 is 2.69 bits per heavy atom. The predicted molar refractivity (Wildman–Crippen MR) is 130 cm³/mol. The van der Waals surface area contributed by atoms with Crippen LogP contribution in [0.25, 0.3) is 10.2 Å². The summed E-state index contributed by atoms with van der Waals surface area (Å²) in [5, 5.41) is 3.99. The van der Waals surface area contributed by atoms with E-state index in [9.17, 15) is 9.59 Å². The van der Waals surface area contributed by atoms with Gasteiger partial charge in [0.15, 0.2) is 0 Å². The van der Waals surface area contributed by atoms with Crippen LogP contribution < -0.4 is 5.32 Å². The van der Waals surface area contributed by atoms with E-state index >= 15 is 0 Å². The number of rotatable bonds is 8. The second-order valence-electron chi connectivity index (χ2n) is 7.71. The lowest BCUT2D eigenvalue weighted by molar-refractivity contribution is -0.118. The zero-order valence-corrected chi connectivity index (χ0v) is 19.7. The highest BCUT2D eigenvalue weighted by Gasteiger charge is 2.27. The number of nitrogens with one attached hydrogen (secondary N) is 1. The van der Waals surface area contributed by atoms with E-state index in [0.29, 0.717) is 24.6 Å². The van der Waals surface area contributed by atoms with Crippen LogP contribution in [0.1, 0.15) is 34.1 Å².